The van der Waals surface area contributed by atoms with Crippen LogP contribution in [0.5, 0.6) is 17.4 Å². The molecule has 4 atom stereocenters. The second kappa shape index (κ2) is 22.6. The number of hydrogen-bond acceptors (Lipinski definition) is 17. The van der Waals surface area contributed by atoms with Crippen LogP contribution in [-0.2, 0) is 24.2 Å². The maximum absolute atomic E-state index is 15.0. The lowest BCUT2D eigenvalue weighted by Gasteiger charge is -2.59. The number of nitro groups is 1. The molecule has 0 bridgehead atoms. The normalized spacial score (nSPS) is 26.5. The number of amides is 1. The number of aromatic nitrogens is 2. The van der Waals surface area contributed by atoms with Crippen molar-refractivity contribution in [3.63, 3.8) is 0 Å². The predicted molar refractivity (Wildman–Crippen MR) is 317 cm³/mol. The van der Waals surface area contributed by atoms with Crippen molar-refractivity contribution >= 4 is 55.4 Å². The molecule has 2 spiro atoms. The van der Waals surface area contributed by atoms with E-state index in [2.05, 4.69) is 72.7 Å². The topological polar surface area (TPSA) is 215 Å². The highest BCUT2D eigenvalue weighted by molar-refractivity contribution is 7.90. The Kier molecular flexibility index (Phi) is 14.9. The van der Waals surface area contributed by atoms with Crippen LogP contribution in [0.15, 0.2) is 77.8 Å². The summed E-state index contributed by atoms with van der Waals surface area (Å²) in [6.45, 7) is 12.9. The summed E-state index contributed by atoms with van der Waals surface area (Å²) in [5.74, 6) is 0.673. The number of piperidine rings is 1. The van der Waals surface area contributed by atoms with E-state index in [0.717, 1.165) is 107 Å². The lowest BCUT2D eigenvalue weighted by atomic mass is 9.59. The van der Waals surface area contributed by atoms with Gasteiger partial charge in [0, 0.05) is 113 Å². The van der Waals surface area contributed by atoms with E-state index < -0.39 is 37.5 Å². The molecule has 2 aliphatic carbocycles. The minimum atomic E-state index is -4.71. The molecular weight excluding hydrogens is 1090 g/mol. The number of H-pyrrole nitrogens is 1. The molecule has 21 heteroatoms. The number of piperazine rings is 1. The number of hydrogen-bond donors (Lipinski definition) is 3. The van der Waals surface area contributed by atoms with Crippen molar-refractivity contribution in [1.82, 2.24) is 24.5 Å². The van der Waals surface area contributed by atoms with Crippen LogP contribution in [0, 0.1) is 26.9 Å². The maximum Gasteiger partial charge on any atom is 0.297 e. The SMILES string of the molecule is CC(C)Oc1ccccc1[C@@H]1CN(C2CCC3(CCOCC3)CC2)CCN1C1CC2(CCN(c3ccc(C(=O)NS(=O)(=O)c4cc5c(c([N+](=O)[O-])c4)N[C@H](C4CCOCC4)CO5)c(N4c5cc6cc[nH]c6nc5O[C@H]5COCC[C@@H]54)c3)CC2)C1. The lowest BCUT2D eigenvalue weighted by molar-refractivity contribution is -0.384. The first kappa shape index (κ1) is 55.6. The summed E-state index contributed by atoms with van der Waals surface area (Å²) >= 11 is 0. The Balaban J connectivity index is 0.725. The first-order valence-corrected chi connectivity index (χ1v) is 32.4. The van der Waals surface area contributed by atoms with Gasteiger partial charge in [-0.1, -0.05) is 18.2 Å². The van der Waals surface area contributed by atoms with Crippen molar-refractivity contribution in [1.29, 1.82) is 0 Å². The van der Waals surface area contributed by atoms with E-state index in [4.69, 9.17) is 33.4 Å². The number of aromatic amines is 1. The van der Waals surface area contributed by atoms with E-state index in [1.54, 1.807) is 6.07 Å². The number of rotatable bonds is 12. The van der Waals surface area contributed by atoms with Crippen molar-refractivity contribution in [3.8, 4) is 17.4 Å². The largest absolute Gasteiger partial charge is 0.491 e. The molecule has 3 aromatic carbocycles. The number of nitrogens with one attached hydrogen (secondary N) is 3. The zero-order valence-electron chi connectivity index (χ0n) is 48.3. The minimum absolute atomic E-state index is 0.0314. The molecule has 20 nitrogen and oxygen atoms in total. The Labute approximate surface area is 491 Å². The van der Waals surface area contributed by atoms with Crippen molar-refractivity contribution in [2.24, 2.45) is 16.7 Å². The van der Waals surface area contributed by atoms with E-state index >= 15 is 0 Å². The van der Waals surface area contributed by atoms with E-state index in [-0.39, 0.29) is 59.2 Å². The average Bonchev–Trinajstić information content (AvgIpc) is 1.63. The number of nitro benzene ring substituents is 1. The quantitative estimate of drug-likeness (QED) is 0.0783. The van der Waals surface area contributed by atoms with Gasteiger partial charge in [0.25, 0.3) is 21.6 Å². The number of fused-ring (bicyclic) bond motifs is 4. The number of carbonyl (C=O) groups is 1. The van der Waals surface area contributed by atoms with E-state index in [1.807, 2.05) is 30.5 Å². The molecular formula is C63H79N9O11S. The monoisotopic (exact) mass is 1170 g/mol. The highest BCUT2D eigenvalue weighted by atomic mass is 32.2. The highest BCUT2D eigenvalue weighted by Crippen LogP contribution is 2.55. The van der Waals surface area contributed by atoms with Crippen molar-refractivity contribution < 1.29 is 46.6 Å². The third-order valence-electron chi connectivity index (χ3n) is 20.6. The number of anilines is 4. The Morgan fingerprint density at radius 1 is 0.821 bits per heavy atom. The first-order chi connectivity index (χ1) is 40.8. The molecule has 7 aliphatic heterocycles. The third-order valence-corrected chi connectivity index (χ3v) is 21.9. The van der Waals surface area contributed by atoms with Crippen LogP contribution >= 0.6 is 0 Å². The van der Waals surface area contributed by atoms with Gasteiger partial charge < -0.3 is 48.5 Å². The lowest BCUT2D eigenvalue weighted by Crippen LogP contribution is -2.61. The Morgan fingerprint density at radius 2 is 1.60 bits per heavy atom. The summed E-state index contributed by atoms with van der Waals surface area (Å²) in [5, 5.41) is 16.8. The molecule has 2 aromatic heterocycles. The third kappa shape index (κ3) is 10.6. The fourth-order valence-electron chi connectivity index (χ4n) is 15.9. The summed E-state index contributed by atoms with van der Waals surface area (Å²) in [6, 6.07) is 21.4. The molecule has 448 valence electrons. The summed E-state index contributed by atoms with van der Waals surface area (Å²) < 4.78 is 67.8. The standard InChI is InChI=1S/C63H79N9O11S/c1-40(2)82-55-6-4-3-5-47(55)54-37-69(43-9-15-62(16-10-43)19-29-79-30-20-62)24-25-70(54)45-35-63(36-45)17-22-68(23-18-63)44-7-8-48(51(32-44)71-50-14-28-80-39-57(50)83-61-53(71)31-42-11-21-64-59(42)66-61)60(73)67-84(76,77)46-33-52(72(74)75)58-56(34-46)81-38-49(65-58)41-12-26-78-27-13-41/h3-8,11,21,31-34,40-41,43,45,49-50,54,57,65H,9-10,12-20,22-30,35-39H2,1-2H3,(H,64,66)(H,67,73)/t49-,50-,54-,57-/m0/s1. The summed E-state index contributed by atoms with van der Waals surface area (Å²) in [5.41, 5.74) is 4.44. The molecule has 5 saturated heterocycles. The van der Waals surface area contributed by atoms with Gasteiger partial charge in [0.05, 0.1) is 51.9 Å². The van der Waals surface area contributed by atoms with Crippen LogP contribution in [0.1, 0.15) is 119 Å². The second-order valence-electron chi connectivity index (χ2n) is 25.8. The van der Waals surface area contributed by atoms with Gasteiger partial charge in [-0.2, -0.15) is 4.98 Å². The number of ether oxygens (including phenoxy) is 6. The van der Waals surface area contributed by atoms with Gasteiger partial charge >= 0.3 is 0 Å². The van der Waals surface area contributed by atoms with Crippen LogP contribution < -0.4 is 34.0 Å². The zero-order valence-corrected chi connectivity index (χ0v) is 49.1. The van der Waals surface area contributed by atoms with Gasteiger partial charge in [0.1, 0.15) is 29.8 Å². The van der Waals surface area contributed by atoms with Crippen LogP contribution in [0.25, 0.3) is 11.0 Å². The zero-order chi connectivity index (χ0) is 57.3. The Bertz CT molecular complexity index is 3380. The average molecular weight is 1170 g/mol. The summed E-state index contributed by atoms with van der Waals surface area (Å²) in [6.07, 6.45) is 15.4. The van der Waals surface area contributed by atoms with Crippen LogP contribution in [-0.4, -0.2) is 154 Å². The Morgan fingerprint density at radius 3 is 2.38 bits per heavy atom. The van der Waals surface area contributed by atoms with E-state index in [0.29, 0.717) is 73.2 Å². The summed E-state index contributed by atoms with van der Waals surface area (Å²) in [7, 11) is -4.71. The number of carbonyl (C=O) groups excluding carboxylic acids is 1. The van der Waals surface area contributed by atoms with Gasteiger partial charge in [0.2, 0.25) is 5.88 Å². The van der Waals surface area contributed by atoms with Crippen LogP contribution in [0.3, 0.4) is 0 Å². The predicted octanol–water partition coefficient (Wildman–Crippen LogP) is 9.51. The molecule has 84 heavy (non-hydrogen) atoms. The van der Waals surface area contributed by atoms with Crippen LogP contribution in [0.2, 0.25) is 0 Å². The minimum Gasteiger partial charge on any atom is -0.491 e. The van der Waals surface area contributed by atoms with Gasteiger partial charge in [-0.25, -0.2) is 13.1 Å². The van der Waals surface area contributed by atoms with Crippen molar-refractivity contribution in [2.75, 3.05) is 94.1 Å². The molecule has 2 saturated carbocycles. The highest BCUT2D eigenvalue weighted by Gasteiger charge is 2.51. The molecule has 7 fully saturated rings. The molecule has 3 N–H and O–H groups in total. The van der Waals surface area contributed by atoms with Gasteiger partial charge in [0.15, 0.2) is 11.4 Å². The molecule has 14 rings (SSSR count). The van der Waals surface area contributed by atoms with Crippen molar-refractivity contribution in [2.45, 2.75) is 145 Å². The smallest absolute Gasteiger partial charge is 0.297 e. The van der Waals surface area contributed by atoms with Gasteiger partial charge in [-0.05, 0) is 150 Å². The van der Waals surface area contributed by atoms with Gasteiger partial charge in [-0.15, -0.1) is 0 Å². The van der Waals surface area contributed by atoms with Crippen molar-refractivity contribution in [3.05, 3.63) is 94.2 Å². The fraction of sp³-hybridized carbons (Fsp3) is 0.587. The Hall–Kier alpha value is -6.23. The number of sulfonamides is 1. The second-order valence-corrected chi connectivity index (χ2v) is 27.4. The number of nitrogens with zero attached hydrogens (tertiary/aromatic N) is 6. The first-order valence-electron chi connectivity index (χ1n) is 30.9. The van der Waals surface area contributed by atoms with Crippen LogP contribution in [0.4, 0.5) is 28.4 Å². The number of para-hydroxylation sites is 1. The maximum atomic E-state index is 15.0. The molecule has 0 radical (unpaired) electrons. The molecule has 9 heterocycles. The fourth-order valence-corrected chi connectivity index (χ4v) is 16.9. The van der Waals surface area contributed by atoms with E-state index in [1.165, 1.54) is 50.2 Å². The summed E-state index contributed by atoms with van der Waals surface area (Å²) in [4.78, 5) is 44.7. The number of benzene rings is 3. The molecule has 5 aromatic rings. The molecule has 9 aliphatic rings. The molecule has 1 amide bonds. The van der Waals surface area contributed by atoms with Gasteiger partial charge in [-0.3, -0.25) is 24.7 Å². The van der Waals surface area contributed by atoms with E-state index in [9.17, 15) is 23.3 Å². The number of pyridine rings is 1. The molecule has 0 unspecified atom stereocenters.